The van der Waals surface area contributed by atoms with Crippen LogP contribution in [0.4, 0.5) is 0 Å². The molecule has 1 aromatic carbocycles. The zero-order chi connectivity index (χ0) is 14.8. The first-order chi connectivity index (χ1) is 9.46. The van der Waals surface area contributed by atoms with E-state index in [9.17, 15) is 15.0 Å². The number of hydrogen-bond donors (Lipinski definition) is 2. The largest absolute Gasteiger partial charge is 0.508 e. The molecule has 2 rings (SSSR count). The number of ketones is 1. The molecule has 0 saturated heterocycles. The monoisotopic (exact) mass is 272 g/mol. The van der Waals surface area contributed by atoms with Gasteiger partial charge in [-0.15, -0.1) is 0 Å². The molecule has 0 fully saturated rings. The van der Waals surface area contributed by atoms with Crippen molar-refractivity contribution in [2.75, 3.05) is 0 Å². The number of allylic oxidation sites excluding steroid dienone is 2. The van der Waals surface area contributed by atoms with Crippen molar-refractivity contribution in [3.63, 3.8) is 0 Å². The minimum Gasteiger partial charge on any atom is -0.508 e. The predicted octanol–water partition coefficient (Wildman–Crippen LogP) is 3.08. The van der Waals surface area contributed by atoms with Crippen LogP contribution in [-0.4, -0.2) is 21.6 Å². The van der Waals surface area contributed by atoms with Crippen LogP contribution >= 0.6 is 0 Å². The van der Waals surface area contributed by atoms with Crippen molar-refractivity contribution in [1.82, 2.24) is 0 Å². The number of benzene rings is 1. The molecular formula is C17H20O3. The second-order valence-corrected chi connectivity index (χ2v) is 5.35. The third-order valence-corrected chi connectivity index (χ3v) is 3.84. The van der Waals surface area contributed by atoms with Gasteiger partial charge in [0.2, 0.25) is 0 Å². The molecule has 2 atom stereocenters. The topological polar surface area (TPSA) is 57.5 Å². The molecule has 106 valence electrons. The van der Waals surface area contributed by atoms with E-state index in [1.54, 1.807) is 30.4 Å². The van der Waals surface area contributed by atoms with Crippen molar-refractivity contribution in [3.05, 3.63) is 48.1 Å². The molecule has 2 N–H and O–H groups in total. The first-order valence-corrected chi connectivity index (χ1v) is 6.92. The van der Waals surface area contributed by atoms with Crippen molar-refractivity contribution in [2.45, 2.75) is 32.3 Å². The first kappa shape index (κ1) is 14.5. The van der Waals surface area contributed by atoms with Crippen molar-refractivity contribution >= 4 is 11.4 Å². The normalized spacial score (nSPS) is 23.2. The number of carbonyl (C=O) groups is 1. The number of hydrogen-bond acceptors (Lipinski definition) is 3. The molecule has 3 nitrogen and oxygen atoms in total. The molecule has 0 spiro atoms. The summed E-state index contributed by atoms with van der Waals surface area (Å²) in [5.41, 5.74) is 0.386. The van der Waals surface area contributed by atoms with Crippen LogP contribution in [0, 0.1) is 5.92 Å². The van der Waals surface area contributed by atoms with Gasteiger partial charge in [0.25, 0.3) is 0 Å². The van der Waals surface area contributed by atoms with E-state index in [4.69, 9.17) is 0 Å². The molecular weight excluding hydrogens is 252 g/mol. The summed E-state index contributed by atoms with van der Waals surface area (Å²) in [6.45, 7) is 3.77. The number of aromatic hydroxyl groups is 1. The number of Topliss-reactive ketones (excluding diaryl/α,β-unsaturated/α-hetero) is 1. The van der Waals surface area contributed by atoms with Gasteiger partial charge in [0, 0.05) is 12.3 Å². The molecule has 1 aliphatic rings. The van der Waals surface area contributed by atoms with Gasteiger partial charge < -0.3 is 10.2 Å². The molecule has 0 bridgehead atoms. The molecule has 0 saturated carbocycles. The van der Waals surface area contributed by atoms with Crippen LogP contribution in [0.25, 0.3) is 5.57 Å². The maximum absolute atomic E-state index is 12.2. The van der Waals surface area contributed by atoms with E-state index in [1.807, 2.05) is 26.0 Å². The number of phenols is 1. The average molecular weight is 272 g/mol. The number of phenolic OH excluding ortho intramolecular Hbond substituents is 1. The van der Waals surface area contributed by atoms with Crippen LogP contribution in [0.3, 0.4) is 0 Å². The maximum Gasteiger partial charge on any atom is 0.171 e. The highest BCUT2D eigenvalue weighted by Crippen LogP contribution is 2.30. The van der Waals surface area contributed by atoms with Gasteiger partial charge in [-0.25, -0.2) is 0 Å². The molecule has 0 radical (unpaired) electrons. The minimum atomic E-state index is -1.39. The third-order valence-electron chi connectivity index (χ3n) is 3.84. The predicted molar refractivity (Wildman–Crippen MR) is 79.3 cm³/mol. The lowest BCUT2D eigenvalue weighted by atomic mass is 9.81. The number of aliphatic hydroxyl groups is 1. The molecule has 0 heterocycles. The Kier molecular flexibility index (Phi) is 4.09. The van der Waals surface area contributed by atoms with Crippen LogP contribution in [0.1, 0.15) is 32.3 Å². The van der Waals surface area contributed by atoms with Gasteiger partial charge in [0.05, 0.1) is 0 Å². The maximum atomic E-state index is 12.2. The Morgan fingerprint density at radius 1 is 1.45 bits per heavy atom. The van der Waals surface area contributed by atoms with E-state index in [2.05, 4.69) is 0 Å². The molecule has 0 amide bonds. The zero-order valence-corrected chi connectivity index (χ0v) is 11.8. The summed E-state index contributed by atoms with van der Waals surface area (Å²) in [6, 6.07) is 6.93. The van der Waals surface area contributed by atoms with Gasteiger partial charge in [-0.2, -0.15) is 0 Å². The highest BCUT2D eigenvalue weighted by Gasteiger charge is 2.36. The Hall–Kier alpha value is -1.87. The summed E-state index contributed by atoms with van der Waals surface area (Å²) in [7, 11) is 0. The SMILES string of the molecule is CCC(C)C(=O)[C@@]1(O)C=CC(c2cccc(O)c2)=CC1. The summed E-state index contributed by atoms with van der Waals surface area (Å²) >= 11 is 0. The Morgan fingerprint density at radius 2 is 2.20 bits per heavy atom. The van der Waals surface area contributed by atoms with E-state index in [0.29, 0.717) is 0 Å². The summed E-state index contributed by atoms with van der Waals surface area (Å²) in [5, 5.41) is 19.9. The lowest BCUT2D eigenvalue weighted by Gasteiger charge is -2.27. The Bertz CT molecular complexity index is 571. The summed E-state index contributed by atoms with van der Waals surface area (Å²) < 4.78 is 0. The first-order valence-electron chi connectivity index (χ1n) is 6.92. The van der Waals surface area contributed by atoms with Crippen molar-refractivity contribution in [3.8, 4) is 5.75 Å². The van der Waals surface area contributed by atoms with Gasteiger partial charge >= 0.3 is 0 Å². The van der Waals surface area contributed by atoms with Crippen molar-refractivity contribution < 1.29 is 15.0 Å². The highest BCUT2D eigenvalue weighted by atomic mass is 16.3. The van der Waals surface area contributed by atoms with E-state index in [1.165, 1.54) is 0 Å². The summed E-state index contributed by atoms with van der Waals surface area (Å²) in [5.74, 6) is -0.0869. The highest BCUT2D eigenvalue weighted by molar-refractivity contribution is 5.93. The van der Waals surface area contributed by atoms with Gasteiger partial charge in [0.15, 0.2) is 5.78 Å². The number of rotatable bonds is 4. The summed E-state index contributed by atoms with van der Waals surface area (Å²) in [4.78, 5) is 12.2. The molecule has 1 aromatic rings. The van der Waals surface area contributed by atoms with Gasteiger partial charge in [-0.3, -0.25) is 4.79 Å². The van der Waals surface area contributed by atoms with Gasteiger partial charge in [-0.1, -0.05) is 38.1 Å². The van der Waals surface area contributed by atoms with Crippen molar-refractivity contribution in [2.24, 2.45) is 5.92 Å². The van der Waals surface area contributed by atoms with Crippen LogP contribution in [-0.2, 0) is 4.79 Å². The Balaban J connectivity index is 2.19. The molecule has 20 heavy (non-hydrogen) atoms. The average Bonchev–Trinajstić information content (AvgIpc) is 2.46. The van der Waals surface area contributed by atoms with Gasteiger partial charge in [-0.05, 0) is 35.8 Å². The molecule has 0 aromatic heterocycles. The quantitative estimate of drug-likeness (QED) is 0.885. The molecule has 1 unspecified atom stereocenters. The Labute approximate surface area is 119 Å². The number of carbonyl (C=O) groups excluding carboxylic acids is 1. The fraction of sp³-hybridized carbons (Fsp3) is 0.353. The molecule has 1 aliphatic carbocycles. The van der Waals surface area contributed by atoms with E-state index >= 15 is 0 Å². The second-order valence-electron chi connectivity index (χ2n) is 5.35. The molecule has 3 heteroatoms. The van der Waals surface area contributed by atoms with Crippen LogP contribution in [0.15, 0.2) is 42.5 Å². The minimum absolute atomic E-state index is 0.137. The van der Waals surface area contributed by atoms with E-state index in [0.717, 1.165) is 17.6 Å². The van der Waals surface area contributed by atoms with Crippen LogP contribution in [0.2, 0.25) is 0 Å². The second kappa shape index (κ2) is 5.63. The van der Waals surface area contributed by atoms with Crippen LogP contribution < -0.4 is 0 Å². The lowest BCUT2D eigenvalue weighted by molar-refractivity contribution is -0.136. The lowest BCUT2D eigenvalue weighted by Crippen LogP contribution is -2.40. The van der Waals surface area contributed by atoms with Crippen molar-refractivity contribution in [1.29, 1.82) is 0 Å². The third kappa shape index (κ3) is 2.83. The fourth-order valence-electron chi connectivity index (χ4n) is 2.32. The zero-order valence-electron chi connectivity index (χ0n) is 11.8. The van der Waals surface area contributed by atoms with Crippen LogP contribution in [0.5, 0.6) is 5.75 Å². The fourth-order valence-corrected chi connectivity index (χ4v) is 2.32. The standard InChI is InChI=1S/C17H20O3/c1-3-12(2)16(19)17(20)9-7-13(8-10-17)14-5-4-6-15(18)11-14/h4-9,11-12,18,20H,3,10H2,1-2H3/t12?,17-/m1/s1. The molecule has 0 aliphatic heterocycles. The van der Waals surface area contributed by atoms with E-state index < -0.39 is 5.60 Å². The summed E-state index contributed by atoms with van der Waals surface area (Å²) in [6.07, 6.45) is 6.16. The van der Waals surface area contributed by atoms with Gasteiger partial charge in [0.1, 0.15) is 11.4 Å². The Morgan fingerprint density at radius 3 is 2.75 bits per heavy atom. The smallest absolute Gasteiger partial charge is 0.171 e. The van der Waals surface area contributed by atoms with E-state index in [-0.39, 0.29) is 23.9 Å².